The van der Waals surface area contributed by atoms with E-state index in [1.54, 1.807) is 0 Å². The highest BCUT2D eigenvalue weighted by molar-refractivity contribution is 4.94. The Morgan fingerprint density at radius 3 is 2.69 bits per heavy atom. The highest BCUT2D eigenvalue weighted by Crippen LogP contribution is 2.45. The molecule has 0 aromatic rings. The molecule has 1 fully saturated rings. The van der Waals surface area contributed by atoms with Crippen LogP contribution in [0.2, 0.25) is 0 Å². The summed E-state index contributed by atoms with van der Waals surface area (Å²) in [6.07, 6.45) is 3.02. The van der Waals surface area contributed by atoms with Crippen molar-refractivity contribution < 1.29 is 0 Å². The number of rotatable bonds is 5. The number of nitroso groups, excluding NO2 is 1. The van der Waals surface area contributed by atoms with Gasteiger partial charge in [-0.1, -0.05) is 12.1 Å². The molecule has 0 radical (unpaired) electrons. The van der Waals surface area contributed by atoms with E-state index >= 15 is 0 Å². The summed E-state index contributed by atoms with van der Waals surface area (Å²) in [5.41, 5.74) is 5.81. The molecule has 13 heavy (non-hydrogen) atoms. The highest BCUT2D eigenvalue weighted by atomic mass is 16.3. The molecule has 0 unspecified atom stereocenters. The molecule has 1 rings (SSSR count). The minimum Gasteiger partial charge on any atom is -0.318 e. The van der Waals surface area contributed by atoms with Gasteiger partial charge in [-0.05, 0) is 38.3 Å². The van der Waals surface area contributed by atoms with Gasteiger partial charge in [0.05, 0.1) is 6.04 Å². The van der Waals surface area contributed by atoms with Crippen LogP contribution in [0.4, 0.5) is 0 Å². The fourth-order valence-electron chi connectivity index (χ4n) is 1.91. The first-order valence-electron chi connectivity index (χ1n) is 4.81. The third-order valence-electron chi connectivity index (χ3n) is 3.01. The fraction of sp³-hybridized carbons (Fsp3) is 1.00. The second kappa shape index (κ2) is 4.15. The molecular weight excluding hydrogens is 166 g/mol. The molecule has 4 nitrogen and oxygen atoms in total. The lowest BCUT2D eigenvalue weighted by Crippen LogP contribution is -2.40. The van der Waals surface area contributed by atoms with Gasteiger partial charge in [-0.25, -0.2) is 0 Å². The molecule has 1 aliphatic rings. The van der Waals surface area contributed by atoms with E-state index in [0.29, 0.717) is 12.1 Å². The Morgan fingerprint density at radius 2 is 2.23 bits per heavy atom. The van der Waals surface area contributed by atoms with Crippen molar-refractivity contribution in [1.82, 2.24) is 4.90 Å². The van der Waals surface area contributed by atoms with Gasteiger partial charge in [0.2, 0.25) is 0 Å². The first-order chi connectivity index (χ1) is 6.09. The van der Waals surface area contributed by atoms with Crippen LogP contribution >= 0.6 is 0 Å². The molecule has 0 aromatic carbocycles. The molecule has 0 heterocycles. The minimum absolute atomic E-state index is 0.0770. The minimum atomic E-state index is 0.0770. The fourth-order valence-corrected chi connectivity index (χ4v) is 1.91. The van der Waals surface area contributed by atoms with E-state index in [9.17, 15) is 4.91 Å². The molecule has 1 saturated carbocycles. The highest BCUT2D eigenvalue weighted by Gasteiger charge is 2.40. The van der Waals surface area contributed by atoms with Crippen molar-refractivity contribution in [2.45, 2.75) is 32.2 Å². The van der Waals surface area contributed by atoms with E-state index < -0.39 is 0 Å². The zero-order valence-corrected chi connectivity index (χ0v) is 8.49. The van der Waals surface area contributed by atoms with Gasteiger partial charge in [-0.3, -0.25) is 4.90 Å². The standard InChI is InChI=1S/C9H19N3O/c1-9(3-4-12(2)7-10)5-8(6-9)11-13/h8H,3-7,10H2,1-2H3. The summed E-state index contributed by atoms with van der Waals surface area (Å²) >= 11 is 0. The number of hydrogen-bond acceptors (Lipinski definition) is 4. The second-order valence-electron chi connectivity index (χ2n) is 4.49. The summed E-state index contributed by atoms with van der Waals surface area (Å²) in [5.74, 6) is 0. The Hall–Kier alpha value is -0.480. The maximum atomic E-state index is 10.2. The summed E-state index contributed by atoms with van der Waals surface area (Å²) in [4.78, 5) is 12.3. The first-order valence-corrected chi connectivity index (χ1v) is 4.81. The van der Waals surface area contributed by atoms with Gasteiger partial charge in [0.1, 0.15) is 0 Å². The van der Waals surface area contributed by atoms with Crippen LogP contribution in [0.15, 0.2) is 5.18 Å². The predicted molar refractivity (Wildman–Crippen MR) is 53.2 cm³/mol. The largest absolute Gasteiger partial charge is 0.318 e. The molecule has 4 heteroatoms. The average molecular weight is 185 g/mol. The molecule has 0 spiro atoms. The maximum Gasteiger partial charge on any atom is 0.0930 e. The lowest BCUT2D eigenvalue weighted by molar-refractivity contribution is 0.101. The van der Waals surface area contributed by atoms with Crippen LogP contribution < -0.4 is 5.73 Å². The summed E-state index contributed by atoms with van der Waals surface area (Å²) < 4.78 is 0. The first kappa shape index (κ1) is 10.6. The van der Waals surface area contributed by atoms with Gasteiger partial charge >= 0.3 is 0 Å². The SMILES string of the molecule is CN(CN)CCC1(C)CC(N=O)C1. The number of nitrogens with two attached hydrogens (primary N) is 1. The zero-order chi connectivity index (χ0) is 9.90. The third-order valence-corrected chi connectivity index (χ3v) is 3.01. The van der Waals surface area contributed by atoms with E-state index in [-0.39, 0.29) is 6.04 Å². The van der Waals surface area contributed by atoms with Crippen molar-refractivity contribution in [3.63, 3.8) is 0 Å². The van der Waals surface area contributed by atoms with Gasteiger partial charge in [0, 0.05) is 6.67 Å². The Labute approximate surface area is 79.4 Å². The van der Waals surface area contributed by atoms with Gasteiger partial charge < -0.3 is 5.73 Å². The molecule has 0 amide bonds. The van der Waals surface area contributed by atoms with Gasteiger partial charge in [-0.15, -0.1) is 0 Å². The van der Waals surface area contributed by atoms with Crippen LogP contribution in [0.3, 0.4) is 0 Å². The predicted octanol–water partition coefficient (Wildman–Crippen LogP) is 1.16. The van der Waals surface area contributed by atoms with Gasteiger partial charge in [0.15, 0.2) is 0 Å². The molecule has 76 valence electrons. The lowest BCUT2D eigenvalue weighted by atomic mass is 9.65. The quantitative estimate of drug-likeness (QED) is 0.516. The molecule has 2 N–H and O–H groups in total. The number of hydrogen-bond donors (Lipinski definition) is 1. The average Bonchev–Trinajstić information content (AvgIpc) is 2.09. The van der Waals surface area contributed by atoms with Crippen molar-refractivity contribution >= 4 is 0 Å². The van der Waals surface area contributed by atoms with Crippen LogP contribution in [0.5, 0.6) is 0 Å². The second-order valence-corrected chi connectivity index (χ2v) is 4.49. The molecule has 0 saturated heterocycles. The van der Waals surface area contributed by atoms with Crippen molar-refractivity contribution in [3.05, 3.63) is 4.91 Å². The van der Waals surface area contributed by atoms with Crippen LogP contribution in [0, 0.1) is 10.3 Å². The Bertz CT molecular complexity index is 178. The van der Waals surface area contributed by atoms with Crippen LogP contribution in [-0.2, 0) is 0 Å². The van der Waals surface area contributed by atoms with Gasteiger partial charge in [-0.2, -0.15) is 4.91 Å². The van der Waals surface area contributed by atoms with Crippen LogP contribution in [0.25, 0.3) is 0 Å². The van der Waals surface area contributed by atoms with Crippen molar-refractivity contribution in [1.29, 1.82) is 0 Å². The van der Waals surface area contributed by atoms with Crippen molar-refractivity contribution in [2.75, 3.05) is 20.3 Å². The molecule has 0 aliphatic heterocycles. The summed E-state index contributed by atoms with van der Waals surface area (Å²) in [6, 6.07) is 0.0770. The van der Waals surface area contributed by atoms with E-state index in [1.165, 1.54) is 0 Å². The normalized spacial score (nSPS) is 33.1. The van der Waals surface area contributed by atoms with E-state index in [4.69, 9.17) is 5.73 Å². The van der Waals surface area contributed by atoms with Gasteiger partial charge in [0.25, 0.3) is 0 Å². The van der Waals surface area contributed by atoms with Crippen LogP contribution in [-0.4, -0.2) is 31.2 Å². The van der Waals surface area contributed by atoms with E-state index in [1.807, 2.05) is 7.05 Å². The monoisotopic (exact) mass is 185 g/mol. The summed E-state index contributed by atoms with van der Waals surface area (Å²) in [6.45, 7) is 3.84. The van der Waals surface area contributed by atoms with E-state index in [0.717, 1.165) is 25.8 Å². The number of nitrogens with zero attached hydrogens (tertiary/aromatic N) is 2. The Morgan fingerprint density at radius 1 is 1.62 bits per heavy atom. The molecule has 0 bridgehead atoms. The molecular formula is C9H19N3O. The topological polar surface area (TPSA) is 58.7 Å². The molecule has 0 aromatic heterocycles. The molecule has 0 atom stereocenters. The summed E-state index contributed by atoms with van der Waals surface area (Å²) in [5, 5.41) is 3.05. The summed E-state index contributed by atoms with van der Waals surface area (Å²) in [7, 11) is 2.01. The van der Waals surface area contributed by atoms with Crippen molar-refractivity contribution in [2.24, 2.45) is 16.3 Å². The Kier molecular flexibility index (Phi) is 3.39. The smallest absolute Gasteiger partial charge is 0.0930 e. The molecule has 1 aliphatic carbocycles. The third kappa shape index (κ3) is 2.74. The van der Waals surface area contributed by atoms with E-state index in [2.05, 4.69) is 17.0 Å². The van der Waals surface area contributed by atoms with Crippen molar-refractivity contribution in [3.8, 4) is 0 Å². The Balaban J connectivity index is 2.19. The zero-order valence-electron chi connectivity index (χ0n) is 8.49. The lowest BCUT2D eigenvalue weighted by Gasteiger charge is -2.42. The maximum absolute atomic E-state index is 10.2. The van der Waals surface area contributed by atoms with Crippen LogP contribution in [0.1, 0.15) is 26.2 Å².